The van der Waals surface area contributed by atoms with Gasteiger partial charge in [-0.05, 0) is 74.7 Å². The van der Waals surface area contributed by atoms with Crippen molar-refractivity contribution >= 4 is 23.7 Å². The van der Waals surface area contributed by atoms with E-state index in [4.69, 9.17) is 0 Å². The van der Waals surface area contributed by atoms with Crippen LogP contribution in [-0.4, -0.2) is 37.3 Å². The zero-order chi connectivity index (χ0) is 19.7. The second-order valence-corrected chi connectivity index (χ2v) is 10.2. The minimum absolute atomic E-state index is 0.0586. The van der Waals surface area contributed by atoms with Gasteiger partial charge in [0, 0.05) is 16.0 Å². The maximum atomic E-state index is 12.5. The molecule has 1 atom stereocenters. The molecule has 4 bridgehead atoms. The molecule has 3 amide bonds. The van der Waals surface area contributed by atoms with Gasteiger partial charge < -0.3 is 10.2 Å². The van der Waals surface area contributed by atoms with E-state index in [2.05, 4.69) is 41.2 Å². The molecule has 6 heteroatoms. The van der Waals surface area contributed by atoms with E-state index in [0.29, 0.717) is 6.54 Å². The lowest BCUT2D eigenvalue weighted by Gasteiger charge is -2.56. The Kier molecular flexibility index (Phi) is 5.70. The third-order valence-electron chi connectivity index (χ3n) is 6.80. The number of urea groups is 1. The van der Waals surface area contributed by atoms with Crippen molar-refractivity contribution in [2.45, 2.75) is 55.5 Å². The van der Waals surface area contributed by atoms with E-state index >= 15 is 0 Å². The lowest BCUT2D eigenvalue weighted by Crippen LogP contribution is -3.09. The maximum Gasteiger partial charge on any atom is 0.322 e. The van der Waals surface area contributed by atoms with Crippen LogP contribution in [0.15, 0.2) is 29.2 Å². The van der Waals surface area contributed by atoms with Gasteiger partial charge in [0.1, 0.15) is 6.54 Å². The number of amides is 3. The highest BCUT2D eigenvalue weighted by atomic mass is 32.2. The van der Waals surface area contributed by atoms with Crippen molar-refractivity contribution in [3.8, 4) is 0 Å². The smallest absolute Gasteiger partial charge is 0.322 e. The minimum atomic E-state index is -0.302. The minimum Gasteiger partial charge on any atom is -0.332 e. The molecule has 4 aliphatic carbocycles. The Hall–Kier alpha value is -1.53. The third-order valence-corrected chi connectivity index (χ3v) is 7.54. The quantitative estimate of drug-likeness (QED) is 0.640. The first-order valence-corrected chi connectivity index (χ1v) is 11.7. The van der Waals surface area contributed by atoms with Gasteiger partial charge >= 0.3 is 6.03 Å². The van der Waals surface area contributed by atoms with Crippen LogP contribution in [0.25, 0.3) is 0 Å². The molecule has 4 aliphatic rings. The van der Waals surface area contributed by atoms with Crippen molar-refractivity contribution in [1.29, 1.82) is 0 Å². The van der Waals surface area contributed by atoms with Crippen LogP contribution in [0.4, 0.5) is 4.79 Å². The fraction of sp³-hybridized carbons (Fsp3) is 0.636. The molecule has 0 heterocycles. The van der Waals surface area contributed by atoms with E-state index in [1.54, 1.807) is 11.8 Å². The van der Waals surface area contributed by atoms with Crippen molar-refractivity contribution in [1.82, 2.24) is 10.6 Å². The Morgan fingerprint density at radius 2 is 1.64 bits per heavy atom. The van der Waals surface area contributed by atoms with E-state index in [0.717, 1.165) is 48.5 Å². The number of nitrogens with one attached hydrogen (secondary N) is 3. The van der Waals surface area contributed by atoms with Crippen LogP contribution in [0.5, 0.6) is 0 Å². The molecular weight excluding hydrogens is 370 g/mol. The topological polar surface area (TPSA) is 62.6 Å². The molecule has 4 fully saturated rings. The summed E-state index contributed by atoms with van der Waals surface area (Å²) in [4.78, 5) is 27.1. The number of hydrogen-bond acceptors (Lipinski definition) is 3. The number of likely N-dealkylation sites (N-methyl/N-ethyl adjacent to an activating group) is 1. The summed E-state index contributed by atoms with van der Waals surface area (Å²) < 4.78 is 0. The van der Waals surface area contributed by atoms with Crippen molar-refractivity contribution < 1.29 is 14.5 Å². The molecular formula is C22H32N3O2S+. The molecule has 28 heavy (non-hydrogen) atoms. The molecule has 1 aromatic carbocycles. The summed E-state index contributed by atoms with van der Waals surface area (Å²) in [6, 6.07) is 8.11. The molecule has 5 nitrogen and oxygen atoms in total. The fourth-order valence-electron chi connectivity index (χ4n) is 6.14. The second kappa shape index (κ2) is 8.07. The van der Waals surface area contributed by atoms with Crippen LogP contribution in [-0.2, 0) is 11.3 Å². The monoisotopic (exact) mass is 402 g/mol. The molecule has 5 rings (SSSR count). The van der Waals surface area contributed by atoms with Crippen LogP contribution in [0, 0.1) is 17.8 Å². The summed E-state index contributed by atoms with van der Waals surface area (Å²) in [5.74, 6) is 2.11. The maximum absolute atomic E-state index is 12.5. The van der Waals surface area contributed by atoms with Gasteiger partial charge in [0.05, 0.1) is 7.05 Å². The Morgan fingerprint density at radius 1 is 1.07 bits per heavy atom. The number of benzene rings is 1. The second-order valence-electron chi connectivity index (χ2n) is 9.36. The summed E-state index contributed by atoms with van der Waals surface area (Å²) in [6.45, 7) is 1.05. The van der Waals surface area contributed by atoms with E-state index in [9.17, 15) is 9.59 Å². The number of carbonyl (C=O) groups is 2. The van der Waals surface area contributed by atoms with Gasteiger partial charge in [-0.1, -0.05) is 12.1 Å². The highest BCUT2D eigenvalue weighted by molar-refractivity contribution is 7.98. The van der Waals surface area contributed by atoms with Crippen molar-refractivity contribution in [2.24, 2.45) is 17.8 Å². The van der Waals surface area contributed by atoms with Crippen molar-refractivity contribution in [3.63, 3.8) is 0 Å². The summed E-state index contributed by atoms with van der Waals surface area (Å²) in [5.41, 5.74) is 1.14. The van der Waals surface area contributed by atoms with Crippen molar-refractivity contribution in [2.75, 3.05) is 19.8 Å². The van der Waals surface area contributed by atoms with Gasteiger partial charge in [-0.2, -0.15) is 0 Å². The number of hydrogen-bond donors (Lipinski definition) is 3. The van der Waals surface area contributed by atoms with Gasteiger partial charge in [-0.25, -0.2) is 4.79 Å². The first kappa shape index (κ1) is 19.8. The van der Waals surface area contributed by atoms with Gasteiger partial charge in [0.15, 0.2) is 6.54 Å². The van der Waals surface area contributed by atoms with Crippen LogP contribution in [0.1, 0.15) is 44.1 Å². The molecule has 0 saturated heterocycles. The van der Waals surface area contributed by atoms with E-state index in [-0.39, 0.29) is 17.5 Å². The molecule has 0 aromatic heterocycles. The standard InChI is InChI=1S/C22H31N3O2S/c1-25(13-15-3-5-19(28-2)6-4-15)14-20(26)23-21(27)24-22-10-16-7-17(11-22)9-18(8-16)12-22/h3-6,16-18H,7-14H2,1-2H3,(H2,23,24,26,27)/p+1. The van der Waals surface area contributed by atoms with Crippen molar-refractivity contribution in [3.05, 3.63) is 29.8 Å². The lowest BCUT2D eigenvalue weighted by molar-refractivity contribution is -0.885. The van der Waals surface area contributed by atoms with Crippen LogP contribution >= 0.6 is 11.8 Å². The van der Waals surface area contributed by atoms with Gasteiger partial charge in [-0.3, -0.25) is 10.1 Å². The Morgan fingerprint density at radius 3 is 2.18 bits per heavy atom. The highest BCUT2D eigenvalue weighted by Crippen LogP contribution is 2.55. The van der Waals surface area contributed by atoms with Crippen LogP contribution in [0.3, 0.4) is 0 Å². The van der Waals surface area contributed by atoms with Gasteiger partial charge in [0.25, 0.3) is 5.91 Å². The Labute approximate surface area is 172 Å². The van der Waals surface area contributed by atoms with E-state index in [1.165, 1.54) is 29.7 Å². The number of carbonyl (C=O) groups excluding carboxylic acids is 2. The molecule has 152 valence electrons. The third kappa shape index (κ3) is 4.54. The molecule has 0 radical (unpaired) electrons. The molecule has 0 spiro atoms. The molecule has 0 aliphatic heterocycles. The average molecular weight is 403 g/mol. The molecule has 1 unspecified atom stereocenters. The van der Waals surface area contributed by atoms with Gasteiger partial charge in [0.2, 0.25) is 0 Å². The predicted octanol–water partition coefficient (Wildman–Crippen LogP) is 2.22. The van der Waals surface area contributed by atoms with Crippen LogP contribution < -0.4 is 15.5 Å². The lowest BCUT2D eigenvalue weighted by atomic mass is 9.53. The first-order valence-electron chi connectivity index (χ1n) is 10.5. The summed E-state index contributed by atoms with van der Waals surface area (Å²) in [6.07, 6.45) is 9.37. The largest absolute Gasteiger partial charge is 0.332 e. The highest BCUT2D eigenvalue weighted by Gasteiger charge is 2.51. The zero-order valence-corrected chi connectivity index (χ0v) is 17.7. The van der Waals surface area contributed by atoms with E-state index < -0.39 is 0 Å². The Balaban J connectivity index is 1.24. The molecule has 3 N–H and O–H groups in total. The fourth-order valence-corrected chi connectivity index (χ4v) is 6.54. The zero-order valence-electron chi connectivity index (χ0n) is 16.9. The molecule has 4 saturated carbocycles. The number of rotatable bonds is 6. The summed E-state index contributed by atoms with van der Waals surface area (Å²) in [5, 5.41) is 5.79. The predicted molar refractivity (Wildman–Crippen MR) is 111 cm³/mol. The molecule has 1 aromatic rings. The van der Waals surface area contributed by atoms with Gasteiger partial charge in [-0.15, -0.1) is 11.8 Å². The Bertz CT molecular complexity index is 699. The summed E-state index contributed by atoms with van der Waals surface area (Å²) >= 11 is 1.72. The number of thioether (sulfide) groups is 1. The first-order chi connectivity index (χ1) is 13.4. The SMILES string of the molecule is CSc1ccc(C[NH+](C)CC(=O)NC(=O)NC23CC4CC(CC(C4)C2)C3)cc1. The number of imide groups is 1. The number of quaternary nitrogens is 1. The van der Waals surface area contributed by atoms with Crippen LogP contribution in [0.2, 0.25) is 0 Å². The van der Waals surface area contributed by atoms with E-state index in [1.807, 2.05) is 7.05 Å². The summed E-state index contributed by atoms with van der Waals surface area (Å²) in [7, 11) is 1.99. The normalized spacial score (nSPS) is 31.4. The average Bonchev–Trinajstić information content (AvgIpc) is 2.60.